The van der Waals surface area contributed by atoms with Gasteiger partial charge >= 0.3 is 0 Å². The fraction of sp³-hybridized carbons (Fsp3) is 0.600. The van der Waals surface area contributed by atoms with Gasteiger partial charge in [0, 0.05) is 24.7 Å². The first-order chi connectivity index (χ1) is 8.51. The van der Waals surface area contributed by atoms with E-state index in [1.807, 2.05) is 13.8 Å². The van der Waals surface area contributed by atoms with Crippen molar-refractivity contribution in [3.63, 3.8) is 0 Å². The molecule has 0 fully saturated rings. The summed E-state index contributed by atoms with van der Waals surface area (Å²) in [6.07, 6.45) is 1.83. The van der Waals surface area contributed by atoms with Gasteiger partial charge in [0.15, 0.2) is 0 Å². The lowest BCUT2D eigenvalue weighted by Gasteiger charge is -2.24. The first-order valence-electron chi connectivity index (χ1n) is 6.77. The van der Waals surface area contributed by atoms with Crippen molar-refractivity contribution in [1.82, 2.24) is 0 Å². The third-order valence-electron chi connectivity index (χ3n) is 3.67. The van der Waals surface area contributed by atoms with Crippen LogP contribution >= 0.6 is 0 Å². The van der Waals surface area contributed by atoms with Gasteiger partial charge < -0.3 is 15.7 Å². The van der Waals surface area contributed by atoms with Gasteiger partial charge in [0.2, 0.25) is 0 Å². The Morgan fingerprint density at radius 3 is 2.78 bits per heavy atom. The molecule has 18 heavy (non-hydrogen) atoms. The Morgan fingerprint density at radius 1 is 1.39 bits per heavy atom. The van der Waals surface area contributed by atoms with E-state index < -0.39 is 5.60 Å². The topological polar surface area (TPSA) is 49.5 Å². The van der Waals surface area contributed by atoms with Gasteiger partial charge in [-0.1, -0.05) is 18.2 Å². The van der Waals surface area contributed by atoms with E-state index >= 15 is 0 Å². The minimum Gasteiger partial charge on any atom is -0.390 e. The van der Waals surface area contributed by atoms with Crippen LogP contribution in [0.2, 0.25) is 0 Å². The molecule has 1 unspecified atom stereocenters. The summed E-state index contributed by atoms with van der Waals surface area (Å²) in [7, 11) is 0. The van der Waals surface area contributed by atoms with Gasteiger partial charge in [-0.2, -0.15) is 0 Å². The number of anilines is 1. The van der Waals surface area contributed by atoms with Crippen LogP contribution in [0.3, 0.4) is 0 Å². The third kappa shape index (κ3) is 3.03. The van der Waals surface area contributed by atoms with Crippen molar-refractivity contribution in [2.45, 2.75) is 38.2 Å². The van der Waals surface area contributed by atoms with Gasteiger partial charge in [0.25, 0.3) is 0 Å². The molecule has 3 heteroatoms. The quantitative estimate of drug-likeness (QED) is 0.839. The molecular weight excluding hydrogens is 224 g/mol. The molecule has 1 atom stereocenters. The van der Waals surface area contributed by atoms with Gasteiger partial charge in [-0.3, -0.25) is 0 Å². The van der Waals surface area contributed by atoms with Crippen LogP contribution < -0.4 is 10.6 Å². The highest BCUT2D eigenvalue weighted by atomic mass is 16.3. The summed E-state index contributed by atoms with van der Waals surface area (Å²) in [6.45, 7) is 6.41. The standard InChI is InChI=1S/C15H24N2O/c1-15(2,18)8-10-17-11-12(7-9-16)13-5-3-4-6-14(13)17/h3-6,12,18H,7-11,16H2,1-2H3. The Hall–Kier alpha value is -1.06. The maximum atomic E-state index is 9.85. The number of hydrogen-bond donors (Lipinski definition) is 2. The monoisotopic (exact) mass is 248 g/mol. The maximum absolute atomic E-state index is 9.85. The Morgan fingerprint density at radius 2 is 2.11 bits per heavy atom. The number of aliphatic hydroxyl groups is 1. The predicted octanol–water partition coefficient (Wildman–Crippen LogP) is 2.10. The normalized spacial score (nSPS) is 19.1. The lowest BCUT2D eigenvalue weighted by Crippen LogP contribution is -2.30. The summed E-state index contributed by atoms with van der Waals surface area (Å²) in [6, 6.07) is 8.57. The second-order valence-corrected chi connectivity index (χ2v) is 5.84. The summed E-state index contributed by atoms with van der Waals surface area (Å²) >= 11 is 0. The van der Waals surface area contributed by atoms with Crippen molar-refractivity contribution in [3.8, 4) is 0 Å². The predicted molar refractivity (Wildman–Crippen MR) is 76.0 cm³/mol. The van der Waals surface area contributed by atoms with E-state index in [1.165, 1.54) is 11.3 Å². The largest absolute Gasteiger partial charge is 0.390 e. The van der Waals surface area contributed by atoms with Crippen molar-refractivity contribution in [2.24, 2.45) is 5.73 Å². The van der Waals surface area contributed by atoms with Crippen molar-refractivity contribution in [3.05, 3.63) is 29.8 Å². The van der Waals surface area contributed by atoms with Crippen LogP contribution in [-0.4, -0.2) is 30.3 Å². The number of nitrogens with zero attached hydrogens (tertiary/aromatic N) is 1. The lowest BCUT2D eigenvalue weighted by atomic mass is 9.98. The van der Waals surface area contributed by atoms with E-state index in [-0.39, 0.29) is 0 Å². The summed E-state index contributed by atoms with van der Waals surface area (Å²) < 4.78 is 0. The molecule has 0 radical (unpaired) electrons. The summed E-state index contributed by atoms with van der Waals surface area (Å²) in [5.41, 5.74) is 7.83. The molecule has 1 aromatic carbocycles. The number of rotatable bonds is 5. The molecular formula is C15H24N2O. The highest BCUT2D eigenvalue weighted by Gasteiger charge is 2.28. The first kappa shape index (κ1) is 13.4. The average Bonchev–Trinajstić information content (AvgIpc) is 2.65. The van der Waals surface area contributed by atoms with Crippen LogP contribution in [0.15, 0.2) is 24.3 Å². The zero-order valence-corrected chi connectivity index (χ0v) is 11.4. The molecule has 0 spiro atoms. The van der Waals surface area contributed by atoms with E-state index in [0.29, 0.717) is 5.92 Å². The molecule has 0 aromatic heterocycles. The van der Waals surface area contributed by atoms with Crippen LogP contribution in [0.25, 0.3) is 0 Å². The highest BCUT2D eigenvalue weighted by Crippen LogP contribution is 2.37. The van der Waals surface area contributed by atoms with Crippen LogP contribution in [0, 0.1) is 0 Å². The zero-order valence-electron chi connectivity index (χ0n) is 11.4. The minimum absolute atomic E-state index is 0.549. The van der Waals surface area contributed by atoms with Crippen LogP contribution in [0.1, 0.15) is 38.2 Å². The van der Waals surface area contributed by atoms with Crippen LogP contribution in [0.5, 0.6) is 0 Å². The van der Waals surface area contributed by atoms with Crippen molar-refractivity contribution in [2.75, 3.05) is 24.5 Å². The number of benzene rings is 1. The molecule has 1 aromatic rings. The Kier molecular flexibility index (Phi) is 3.93. The molecule has 0 saturated heterocycles. The second kappa shape index (κ2) is 5.29. The zero-order chi connectivity index (χ0) is 13.2. The lowest BCUT2D eigenvalue weighted by molar-refractivity contribution is 0.0731. The summed E-state index contributed by atoms with van der Waals surface area (Å²) in [5.74, 6) is 0.549. The number of nitrogens with two attached hydrogens (primary N) is 1. The van der Waals surface area contributed by atoms with Gasteiger partial charge in [0.05, 0.1) is 5.60 Å². The molecule has 1 aliphatic rings. The summed E-state index contributed by atoms with van der Waals surface area (Å²) in [5, 5.41) is 9.85. The fourth-order valence-corrected chi connectivity index (χ4v) is 2.65. The van der Waals surface area contributed by atoms with Gasteiger partial charge in [0.1, 0.15) is 0 Å². The fourth-order valence-electron chi connectivity index (χ4n) is 2.65. The van der Waals surface area contributed by atoms with E-state index in [4.69, 9.17) is 5.73 Å². The second-order valence-electron chi connectivity index (χ2n) is 5.84. The molecule has 0 saturated carbocycles. The molecule has 1 aliphatic heterocycles. The van der Waals surface area contributed by atoms with Crippen molar-refractivity contribution in [1.29, 1.82) is 0 Å². The molecule has 3 N–H and O–H groups in total. The number of fused-ring (bicyclic) bond motifs is 1. The average molecular weight is 248 g/mol. The van der Waals surface area contributed by atoms with E-state index in [9.17, 15) is 5.11 Å². The molecule has 0 aliphatic carbocycles. The SMILES string of the molecule is CC(C)(O)CCN1CC(CCN)c2ccccc21. The summed E-state index contributed by atoms with van der Waals surface area (Å²) in [4.78, 5) is 2.38. The highest BCUT2D eigenvalue weighted by molar-refractivity contribution is 5.60. The van der Waals surface area contributed by atoms with Gasteiger partial charge in [-0.15, -0.1) is 0 Å². The van der Waals surface area contributed by atoms with Crippen LogP contribution in [0.4, 0.5) is 5.69 Å². The molecule has 1 heterocycles. The number of hydrogen-bond acceptors (Lipinski definition) is 3. The van der Waals surface area contributed by atoms with Crippen molar-refractivity contribution >= 4 is 5.69 Å². The molecule has 0 amide bonds. The Bertz CT molecular complexity index is 398. The molecule has 3 nitrogen and oxygen atoms in total. The Balaban J connectivity index is 2.10. The van der Waals surface area contributed by atoms with E-state index in [0.717, 1.165) is 32.5 Å². The minimum atomic E-state index is -0.596. The van der Waals surface area contributed by atoms with Crippen molar-refractivity contribution < 1.29 is 5.11 Å². The molecule has 100 valence electrons. The number of para-hydroxylation sites is 1. The maximum Gasteiger partial charge on any atom is 0.0608 e. The van der Waals surface area contributed by atoms with E-state index in [1.54, 1.807) is 0 Å². The third-order valence-corrected chi connectivity index (χ3v) is 3.67. The van der Waals surface area contributed by atoms with Gasteiger partial charge in [-0.25, -0.2) is 0 Å². The first-order valence-corrected chi connectivity index (χ1v) is 6.77. The smallest absolute Gasteiger partial charge is 0.0608 e. The van der Waals surface area contributed by atoms with Gasteiger partial charge in [-0.05, 0) is 44.9 Å². The Labute approximate surface area is 110 Å². The van der Waals surface area contributed by atoms with Crippen LogP contribution in [-0.2, 0) is 0 Å². The van der Waals surface area contributed by atoms with E-state index in [2.05, 4.69) is 29.2 Å². The molecule has 0 bridgehead atoms. The molecule has 2 rings (SSSR count).